The van der Waals surface area contributed by atoms with Gasteiger partial charge in [-0.05, 0) is 23.4 Å². The predicted molar refractivity (Wildman–Crippen MR) is 49.9 cm³/mol. The van der Waals surface area contributed by atoms with Gasteiger partial charge in [-0.2, -0.15) is 11.3 Å². The Morgan fingerprint density at radius 1 is 1.67 bits per heavy atom. The normalized spacial score (nSPS) is 8.08. The number of nitrogens with zero attached hydrogens (tertiary/aromatic N) is 3. The van der Waals surface area contributed by atoms with Gasteiger partial charge in [-0.3, -0.25) is 0 Å². The zero-order chi connectivity index (χ0) is 8.81. The Morgan fingerprint density at radius 3 is 3.08 bits per heavy atom. The molecule has 12 heavy (non-hydrogen) atoms. The minimum absolute atomic E-state index is 0.242. The molecule has 0 saturated carbocycles. The lowest BCUT2D eigenvalue weighted by Gasteiger charge is -1.82. The van der Waals surface area contributed by atoms with Gasteiger partial charge in [-0.1, -0.05) is 17.0 Å². The Balaban J connectivity index is 2.66. The molecule has 0 aliphatic rings. The molecule has 0 aromatic carbocycles. The van der Waals surface area contributed by atoms with Crippen molar-refractivity contribution in [1.82, 2.24) is 0 Å². The third-order valence-corrected chi connectivity index (χ3v) is 2.15. The molecule has 1 aromatic heterocycles. The van der Waals surface area contributed by atoms with E-state index in [1.54, 1.807) is 11.3 Å². The van der Waals surface area contributed by atoms with Crippen molar-refractivity contribution in [2.45, 2.75) is 6.92 Å². The van der Waals surface area contributed by atoms with Crippen LogP contribution in [-0.4, -0.2) is 6.54 Å². The van der Waals surface area contributed by atoms with Crippen molar-refractivity contribution in [3.8, 4) is 11.8 Å². The number of aryl methyl sites for hydroxylation is 1. The van der Waals surface area contributed by atoms with E-state index >= 15 is 0 Å². The Morgan fingerprint density at radius 2 is 2.50 bits per heavy atom. The van der Waals surface area contributed by atoms with Crippen LogP contribution in [0.3, 0.4) is 0 Å². The zero-order valence-electron chi connectivity index (χ0n) is 6.61. The van der Waals surface area contributed by atoms with Crippen LogP contribution in [0.1, 0.15) is 11.1 Å². The largest absolute Gasteiger partial charge is 0.151 e. The summed E-state index contributed by atoms with van der Waals surface area (Å²) in [6.07, 6.45) is 0. The Bertz CT molecular complexity index is 363. The van der Waals surface area contributed by atoms with E-state index in [0.29, 0.717) is 0 Å². The molecule has 1 rings (SSSR count). The fraction of sp³-hybridized carbons (Fsp3) is 0.250. The van der Waals surface area contributed by atoms with E-state index in [0.717, 1.165) is 5.56 Å². The van der Waals surface area contributed by atoms with Crippen molar-refractivity contribution in [3.63, 3.8) is 0 Å². The lowest BCUT2D eigenvalue weighted by molar-refractivity contribution is 1.25. The van der Waals surface area contributed by atoms with E-state index < -0.39 is 0 Å². The van der Waals surface area contributed by atoms with Crippen LogP contribution in [0.2, 0.25) is 0 Å². The molecule has 4 heteroatoms. The highest BCUT2D eigenvalue weighted by atomic mass is 32.1. The number of rotatable bonds is 1. The lowest BCUT2D eigenvalue weighted by atomic mass is 10.2. The molecule has 3 nitrogen and oxygen atoms in total. The van der Waals surface area contributed by atoms with E-state index in [2.05, 4.69) is 21.9 Å². The third-order valence-electron chi connectivity index (χ3n) is 1.29. The molecule has 1 heterocycles. The van der Waals surface area contributed by atoms with Crippen LogP contribution in [0.15, 0.2) is 15.9 Å². The Kier molecular flexibility index (Phi) is 3.21. The fourth-order valence-corrected chi connectivity index (χ4v) is 1.47. The van der Waals surface area contributed by atoms with Gasteiger partial charge in [0.25, 0.3) is 0 Å². The third kappa shape index (κ3) is 2.31. The van der Waals surface area contributed by atoms with Gasteiger partial charge in [0.15, 0.2) is 0 Å². The average Bonchev–Trinajstić information content (AvgIpc) is 2.46. The molecular weight excluding hydrogens is 170 g/mol. The number of thiophene rings is 1. The molecule has 0 N–H and O–H groups in total. The standard InChI is InChI=1S/C8H7N3S/c1-7-5-12-6-8(7)3-2-4-10-11-9/h5-6H,4H2,1H3. The van der Waals surface area contributed by atoms with Crippen LogP contribution in [0.4, 0.5) is 0 Å². The van der Waals surface area contributed by atoms with Gasteiger partial charge in [0, 0.05) is 15.9 Å². The first-order valence-electron chi connectivity index (χ1n) is 3.37. The SMILES string of the molecule is Cc1cscc1C#CCN=[N+]=[N-]. The molecule has 0 spiro atoms. The maximum Gasteiger partial charge on any atom is 0.0880 e. The number of azide groups is 1. The monoisotopic (exact) mass is 177 g/mol. The minimum atomic E-state index is 0.242. The summed E-state index contributed by atoms with van der Waals surface area (Å²) >= 11 is 1.62. The van der Waals surface area contributed by atoms with Gasteiger partial charge in [0.05, 0.1) is 6.54 Å². The van der Waals surface area contributed by atoms with E-state index in [4.69, 9.17) is 5.53 Å². The van der Waals surface area contributed by atoms with Crippen molar-refractivity contribution < 1.29 is 0 Å². The highest BCUT2D eigenvalue weighted by Gasteiger charge is 1.91. The molecule has 0 aliphatic carbocycles. The summed E-state index contributed by atoms with van der Waals surface area (Å²) in [7, 11) is 0. The predicted octanol–water partition coefficient (Wildman–Crippen LogP) is 2.72. The van der Waals surface area contributed by atoms with Gasteiger partial charge < -0.3 is 0 Å². The van der Waals surface area contributed by atoms with Gasteiger partial charge in [0.1, 0.15) is 0 Å². The quantitative estimate of drug-likeness (QED) is 0.274. The first kappa shape index (κ1) is 8.66. The summed E-state index contributed by atoms with van der Waals surface area (Å²) in [4.78, 5) is 2.60. The summed E-state index contributed by atoms with van der Waals surface area (Å²) in [5.41, 5.74) is 10.2. The van der Waals surface area contributed by atoms with Crippen LogP contribution in [0, 0.1) is 18.8 Å². The van der Waals surface area contributed by atoms with Gasteiger partial charge >= 0.3 is 0 Å². The molecule has 0 saturated heterocycles. The van der Waals surface area contributed by atoms with Crippen LogP contribution >= 0.6 is 11.3 Å². The summed E-state index contributed by atoms with van der Waals surface area (Å²) in [5, 5.41) is 7.34. The van der Waals surface area contributed by atoms with Crippen molar-refractivity contribution in [3.05, 3.63) is 32.3 Å². The molecule has 1 aromatic rings. The van der Waals surface area contributed by atoms with Crippen molar-refractivity contribution >= 4 is 11.3 Å². The second-order valence-electron chi connectivity index (χ2n) is 2.16. The number of hydrogen-bond acceptors (Lipinski definition) is 2. The highest BCUT2D eigenvalue weighted by molar-refractivity contribution is 7.08. The smallest absolute Gasteiger partial charge is 0.0880 e. The average molecular weight is 177 g/mol. The van der Waals surface area contributed by atoms with Gasteiger partial charge in [-0.25, -0.2) is 0 Å². The second kappa shape index (κ2) is 4.45. The van der Waals surface area contributed by atoms with Crippen LogP contribution in [-0.2, 0) is 0 Å². The topological polar surface area (TPSA) is 48.8 Å². The van der Waals surface area contributed by atoms with Crippen molar-refractivity contribution in [1.29, 1.82) is 0 Å². The molecule has 0 radical (unpaired) electrons. The van der Waals surface area contributed by atoms with Crippen molar-refractivity contribution in [2.24, 2.45) is 5.11 Å². The summed E-state index contributed by atoms with van der Waals surface area (Å²) in [6, 6.07) is 0. The molecule has 0 fully saturated rings. The van der Waals surface area contributed by atoms with Gasteiger partial charge in [-0.15, -0.1) is 0 Å². The second-order valence-corrected chi connectivity index (χ2v) is 2.90. The summed E-state index contributed by atoms with van der Waals surface area (Å²) in [5.74, 6) is 5.69. The number of hydrogen-bond donors (Lipinski definition) is 0. The maximum absolute atomic E-state index is 7.97. The maximum atomic E-state index is 7.97. The van der Waals surface area contributed by atoms with Crippen LogP contribution in [0.5, 0.6) is 0 Å². The minimum Gasteiger partial charge on any atom is -0.151 e. The molecule has 0 aliphatic heterocycles. The van der Waals surface area contributed by atoms with Crippen LogP contribution < -0.4 is 0 Å². The van der Waals surface area contributed by atoms with E-state index in [-0.39, 0.29) is 6.54 Å². The Hall–Kier alpha value is -1.43. The van der Waals surface area contributed by atoms with Crippen molar-refractivity contribution in [2.75, 3.05) is 6.54 Å². The summed E-state index contributed by atoms with van der Waals surface area (Å²) in [6.45, 7) is 2.25. The molecule has 0 unspecified atom stereocenters. The van der Waals surface area contributed by atoms with E-state index in [1.807, 2.05) is 17.7 Å². The summed E-state index contributed by atoms with van der Waals surface area (Å²) < 4.78 is 0. The molecular formula is C8H7N3S. The highest BCUT2D eigenvalue weighted by Crippen LogP contribution is 2.11. The Labute approximate surface area is 74.7 Å². The lowest BCUT2D eigenvalue weighted by Crippen LogP contribution is -1.73. The molecule has 0 amide bonds. The molecule has 0 atom stereocenters. The van der Waals surface area contributed by atoms with E-state index in [9.17, 15) is 0 Å². The molecule has 0 bridgehead atoms. The first-order valence-corrected chi connectivity index (χ1v) is 4.31. The van der Waals surface area contributed by atoms with E-state index in [1.165, 1.54) is 5.56 Å². The fourth-order valence-electron chi connectivity index (χ4n) is 0.690. The molecule has 60 valence electrons. The zero-order valence-corrected chi connectivity index (χ0v) is 7.43. The first-order chi connectivity index (χ1) is 5.84. The van der Waals surface area contributed by atoms with Gasteiger partial charge in [0.2, 0.25) is 0 Å². The van der Waals surface area contributed by atoms with Crippen LogP contribution in [0.25, 0.3) is 10.4 Å².